The van der Waals surface area contributed by atoms with E-state index >= 15 is 0 Å². The van der Waals surface area contributed by atoms with Gasteiger partial charge in [0.25, 0.3) is 0 Å². The SMILES string of the molecule is CC(=O)NC(C(=O)Nc1nc(-c2ccc(Cl)cc2)cs1)C(C)C. The van der Waals surface area contributed by atoms with E-state index in [4.69, 9.17) is 11.6 Å². The molecule has 0 fully saturated rings. The molecule has 1 atom stereocenters. The van der Waals surface area contributed by atoms with Crippen LogP contribution in [0.5, 0.6) is 0 Å². The molecule has 0 saturated heterocycles. The highest BCUT2D eigenvalue weighted by molar-refractivity contribution is 7.14. The molecule has 0 aliphatic rings. The highest BCUT2D eigenvalue weighted by atomic mass is 35.5. The lowest BCUT2D eigenvalue weighted by molar-refractivity contribution is -0.126. The van der Waals surface area contributed by atoms with Gasteiger partial charge in [0.1, 0.15) is 6.04 Å². The van der Waals surface area contributed by atoms with Gasteiger partial charge in [-0.3, -0.25) is 9.59 Å². The summed E-state index contributed by atoms with van der Waals surface area (Å²) in [6.07, 6.45) is 0. The fourth-order valence-electron chi connectivity index (χ4n) is 2.02. The van der Waals surface area contributed by atoms with E-state index < -0.39 is 6.04 Å². The number of hydrogen-bond donors (Lipinski definition) is 2. The molecule has 5 nitrogen and oxygen atoms in total. The maximum absolute atomic E-state index is 12.3. The molecule has 2 rings (SSSR count). The first-order valence-corrected chi connectivity index (χ1v) is 8.42. The summed E-state index contributed by atoms with van der Waals surface area (Å²) in [5, 5.41) is 8.43. The largest absolute Gasteiger partial charge is 0.344 e. The van der Waals surface area contributed by atoms with Crippen LogP contribution in [-0.2, 0) is 9.59 Å². The highest BCUT2D eigenvalue weighted by Gasteiger charge is 2.23. The highest BCUT2D eigenvalue weighted by Crippen LogP contribution is 2.26. The summed E-state index contributed by atoms with van der Waals surface area (Å²) in [5.41, 5.74) is 1.69. The quantitative estimate of drug-likeness (QED) is 0.865. The maximum atomic E-state index is 12.3. The number of rotatable bonds is 5. The number of carbonyl (C=O) groups excluding carboxylic acids is 2. The molecule has 1 aromatic heterocycles. The monoisotopic (exact) mass is 351 g/mol. The van der Waals surface area contributed by atoms with Gasteiger partial charge < -0.3 is 10.6 Å². The minimum Gasteiger partial charge on any atom is -0.344 e. The van der Waals surface area contributed by atoms with Crippen molar-refractivity contribution in [2.45, 2.75) is 26.8 Å². The number of amides is 2. The molecule has 1 aromatic carbocycles. The number of nitrogens with one attached hydrogen (secondary N) is 2. The molecule has 2 aromatic rings. The third kappa shape index (κ3) is 4.77. The summed E-state index contributed by atoms with van der Waals surface area (Å²) < 4.78 is 0. The van der Waals surface area contributed by atoms with E-state index in [1.807, 2.05) is 31.4 Å². The van der Waals surface area contributed by atoms with Crippen molar-refractivity contribution in [2.75, 3.05) is 5.32 Å². The van der Waals surface area contributed by atoms with Gasteiger partial charge in [-0.2, -0.15) is 0 Å². The third-order valence-corrected chi connectivity index (χ3v) is 4.19. The van der Waals surface area contributed by atoms with Crippen molar-refractivity contribution in [3.05, 3.63) is 34.7 Å². The zero-order valence-corrected chi connectivity index (χ0v) is 14.7. The second-order valence-corrected chi connectivity index (χ2v) is 6.75. The van der Waals surface area contributed by atoms with E-state index in [1.165, 1.54) is 18.3 Å². The zero-order chi connectivity index (χ0) is 17.0. The molecule has 7 heteroatoms. The predicted octanol–water partition coefficient (Wildman–Crippen LogP) is 3.56. The Morgan fingerprint density at radius 3 is 2.43 bits per heavy atom. The molecule has 1 unspecified atom stereocenters. The fourth-order valence-corrected chi connectivity index (χ4v) is 2.87. The lowest BCUT2D eigenvalue weighted by atomic mass is 10.0. The number of thiazole rings is 1. The molecule has 0 aliphatic carbocycles. The van der Waals surface area contributed by atoms with Crippen LogP contribution < -0.4 is 10.6 Å². The van der Waals surface area contributed by atoms with Gasteiger partial charge in [-0.25, -0.2) is 4.98 Å². The van der Waals surface area contributed by atoms with Gasteiger partial charge in [-0.15, -0.1) is 11.3 Å². The Morgan fingerprint density at radius 1 is 1.22 bits per heavy atom. The smallest absolute Gasteiger partial charge is 0.248 e. The van der Waals surface area contributed by atoms with Crippen LogP contribution in [-0.4, -0.2) is 22.8 Å². The maximum Gasteiger partial charge on any atom is 0.248 e. The van der Waals surface area contributed by atoms with Crippen LogP contribution in [0.15, 0.2) is 29.6 Å². The standard InChI is InChI=1S/C16H18ClN3O2S/c1-9(2)14(18-10(3)21)15(22)20-16-19-13(8-23-16)11-4-6-12(17)7-5-11/h4-9,14H,1-3H3,(H,18,21)(H,19,20,22). The molecule has 122 valence electrons. The van der Waals surface area contributed by atoms with Crippen molar-refractivity contribution in [3.63, 3.8) is 0 Å². The first kappa shape index (κ1) is 17.4. The number of hydrogen-bond acceptors (Lipinski definition) is 4. The van der Waals surface area contributed by atoms with Gasteiger partial charge in [0, 0.05) is 22.9 Å². The van der Waals surface area contributed by atoms with Gasteiger partial charge in [0.15, 0.2) is 5.13 Å². The van der Waals surface area contributed by atoms with Crippen LogP contribution in [0, 0.1) is 5.92 Å². The zero-order valence-electron chi connectivity index (χ0n) is 13.1. The van der Waals surface area contributed by atoms with E-state index in [0.717, 1.165) is 11.3 Å². The average Bonchev–Trinajstić information content (AvgIpc) is 2.93. The molecule has 2 N–H and O–H groups in total. The van der Waals surface area contributed by atoms with Crippen molar-refractivity contribution in [3.8, 4) is 11.3 Å². The first-order chi connectivity index (χ1) is 10.9. The van der Waals surface area contributed by atoms with Gasteiger partial charge in [0.05, 0.1) is 5.69 Å². The molecule has 0 radical (unpaired) electrons. The molecule has 2 amide bonds. The molecule has 0 spiro atoms. The Balaban J connectivity index is 2.10. The van der Waals surface area contributed by atoms with Gasteiger partial charge >= 0.3 is 0 Å². The minimum absolute atomic E-state index is 0.0189. The van der Waals surface area contributed by atoms with Gasteiger partial charge in [-0.05, 0) is 18.1 Å². The Morgan fingerprint density at radius 2 is 1.87 bits per heavy atom. The summed E-state index contributed by atoms with van der Waals surface area (Å²) in [6, 6.07) is 6.74. The van der Waals surface area contributed by atoms with Crippen molar-refractivity contribution in [1.82, 2.24) is 10.3 Å². The first-order valence-electron chi connectivity index (χ1n) is 7.16. The topological polar surface area (TPSA) is 71.1 Å². The summed E-state index contributed by atoms with van der Waals surface area (Å²) >= 11 is 7.21. The molecule has 0 aliphatic heterocycles. The van der Waals surface area contributed by atoms with Crippen molar-refractivity contribution in [1.29, 1.82) is 0 Å². The summed E-state index contributed by atoms with van der Waals surface area (Å²) in [4.78, 5) is 27.9. The number of anilines is 1. The summed E-state index contributed by atoms with van der Waals surface area (Å²) in [7, 11) is 0. The van der Waals surface area contributed by atoms with Crippen molar-refractivity contribution in [2.24, 2.45) is 5.92 Å². The predicted molar refractivity (Wildman–Crippen MR) is 93.6 cm³/mol. The Labute approximate surface area is 144 Å². The molecular weight excluding hydrogens is 334 g/mol. The lowest BCUT2D eigenvalue weighted by Gasteiger charge is -2.20. The number of nitrogens with zero attached hydrogens (tertiary/aromatic N) is 1. The van der Waals surface area contributed by atoms with Crippen LogP contribution >= 0.6 is 22.9 Å². The number of benzene rings is 1. The van der Waals surface area contributed by atoms with Gasteiger partial charge in [-0.1, -0.05) is 37.6 Å². The molecule has 0 saturated carbocycles. The molecule has 23 heavy (non-hydrogen) atoms. The fraction of sp³-hybridized carbons (Fsp3) is 0.312. The number of carbonyl (C=O) groups is 2. The molecule has 0 bridgehead atoms. The van der Waals surface area contributed by atoms with Crippen LogP contribution in [0.4, 0.5) is 5.13 Å². The molecule has 1 heterocycles. The second kappa shape index (κ2) is 7.57. The average molecular weight is 352 g/mol. The lowest BCUT2D eigenvalue weighted by Crippen LogP contribution is -2.46. The van der Waals surface area contributed by atoms with E-state index in [2.05, 4.69) is 15.6 Å². The Hall–Kier alpha value is -1.92. The number of aromatic nitrogens is 1. The van der Waals surface area contributed by atoms with Crippen LogP contribution in [0.1, 0.15) is 20.8 Å². The third-order valence-electron chi connectivity index (χ3n) is 3.18. The minimum atomic E-state index is -0.588. The summed E-state index contributed by atoms with van der Waals surface area (Å²) in [5.74, 6) is -0.526. The van der Waals surface area contributed by atoms with E-state index in [0.29, 0.717) is 10.2 Å². The van der Waals surface area contributed by atoms with E-state index in [-0.39, 0.29) is 17.7 Å². The normalized spacial score (nSPS) is 12.0. The summed E-state index contributed by atoms with van der Waals surface area (Å²) in [6.45, 7) is 5.15. The van der Waals surface area contributed by atoms with Crippen LogP contribution in [0.25, 0.3) is 11.3 Å². The second-order valence-electron chi connectivity index (χ2n) is 5.46. The van der Waals surface area contributed by atoms with E-state index in [1.54, 1.807) is 12.1 Å². The van der Waals surface area contributed by atoms with Gasteiger partial charge in [0.2, 0.25) is 11.8 Å². The Bertz CT molecular complexity index is 698. The van der Waals surface area contributed by atoms with Crippen molar-refractivity contribution >= 4 is 39.9 Å². The Kier molecular flexibility index (Phi) is 5.74. The molecular formula is C16H18ClN3O2S. The van der Waals surface area contributed by atoms with Crippen LogP contribution in [0.3, 0.4) is 0 Å². The van der Waals surface area contributed by atoms with Crippen molar-refractivity contribution < 1.29 is 9.59 Å². The van der Waals surface area contributed by atoms with E-state index in [9.17, 15) is 9.59 Å². The van der Waals surface area contributed by atoms with Crippen LogP contribution in [0.2, 0.25) is 5.02 Å². The number of halogens is 1.